The largest absolute Gasteiger partial charge is 0.286 e. The highest BCUT2D eigenvalue weighted by Crippen LogP contribution is 2.23. The molecule has 0 heterocycles. The van der Waals surface area contributed by atoms with Crippen LogP contribution < -0.4 is 0 Å². The summed E-state index contributed by atoms with van der Waals surface area (Å²) in [7, 11) is 0. The Kier molecular flexibility index (Phi) is 3.60. The van der Waals surface area contributed by atoms with E-state index in [4.69, 9.17) is 0 Å². The Labute approximate surface area is 85.8 Å². The topological polar surface area (TPSA) is 34.1 Å². The minimum Gasteiger partial charge on any atom is -0.286 e. The fraction of sp³-hybridized carbons (Fsp3) is 0.400. The molecular formula is C10H11BrO2. The van der Waals surface area contributed by atoms with Crippen LogP contribution in [0.4, 0.5) is 0 Å². The minimum atomic E-state index is -0.408. The van der Waals surface area contributed by atoms with Crippen molar-refractivity contribution in [1.82, 2.24) is 0 Å². The Morgan fingerprint density at radius 3 is 2.62 bits per heavy atom. The molecule has 0 saturated carbocycles. The van der Waals surface area contributed by atoms with E-state index in [0.29, 0.717) is 12.0 Å². The number of hydrogen-bond donors (Lipinski definition) is 0. The summed E-state index contributed by atoms with van der Waals surface area (Å²) in [6.07, 6.45) is 5.61. The molecule has 1 aliphatic carbocycles. The molecule has 13 heavy (non-hydrogen) atoms. The van der Waals surface area contributed by atoms with E-state index < -0.39 is 5.78 Å². The molecule has 3 heteroatoms. The minimum absolute atomic E-state index is 0.358. The zero-order valence-corrected chi connectivity index (χ0v) is 9.06. The fourth-order valence-electron chi connectivity index (χ4n) is 1.17. The molecule has 0 aromatic heterocycles. The molecule has 2 nitrogen and oxygen atoms in total. The Bertz CT molecular complexity index is 300. The second-order valence-corrected chi connectivity index (χ2v) is 3.81. The summed E-state index contributed by atoms with van der Waals surface area (Å²) in [6, 6.07) is 0. The van der Waals surface area contributed by atoms with Crippen molar-refractivity contribution < 1.29 is 9.59 Å². The zero-order chi connectivity index (χ0) is 9.84. The molecule has 0 N–H and O–H groups in total. The van der Waals surface area contributed by atoms with Gasteiger partial charge in [-0.05, 0) is 25.0 Å². The first kappa shape index (κ1) is 10.4. The predicted molar refractivity (Wildman–Crippen MR) is 54.6 cm³/mol. The Morgan fingerprint density at radius 1 is 1.31 bits per heavy atom. The van der Waals surface area contributed by atoms with Gasteiger partial charge in [-0.1, -0.05) is 29.3 Å². The van der Waals surface area contributed by atoms with E-state index in [-0.39, 0.29) is 5.78 Å². The fourth-order valence-corrected chi connectivity index (χ4v) is 1.68. The Hall–Kier alpha value is -0.700. The molecular weight excluding hydrogens is 232 g/mol. The number of unbranched alkanes of at least 4 members (excludes halogenated alkanes) is 1. The maximum Gasteiger partial charge on any atom is 0.229 e. The van der Waals surface area contributed by atoms with Gasteiger partial charge >= 0.3 is 0 Å². The van der Waals surface area contributed by atoms with Crippen molar-refractivity contribution in [3.8, 4) is 0 Å². The summed E-state index contributed by atoms with van der Waals surface area (Å²) in [6.45, 7) is 2.05. The second kappa shape index (κ2) is 4.51. The quantitative estimate of drug-likeness (QED) is 0.563. The van der Waals surface area contributed by atoms with Crippen LogP contribution in [0.3, 0.4) is 0 Å². The maximum atomic E-state index is 11.4. The average Bonchev–Trinajstić information content (AvgIpc) is 2.12. The van der Waals surface area contributed by atoms with Gasteiger partial charge in [0.2, 0.25) is 11.6 Å². The maximum absolute atomic E-state index is 11.4. The van der Waals surface area contributed by atoms with Gasteiger partial charge in [-0.15, -0.1) is 0 Å². The normalized spacial score (nSPS) is 17.1. The summed E-state index contributed by atoms with van der Waals surface area (Å²) in [4.78, 5) is 22.4. The van der Waals surface area contributed by atoms with E-state index in [1.165, 1.54) is 6.08 Å². The lowest BCUT2D eigenvalue weighted by molar-refractivity contribution is -0.131. The van der Waals surface area contributed by atoms with E-state index in [9.17, 15) is 9.59 Å². The van der Waals surface area contributed by atoms with Gasteiger partial charge in [0.05, 0.1) is 0 Å². The first-order valence-electron chi connectivity index (χ1n) is 4.32. The highest BCUT2D eigenvalue weighted by molar-refractivity contribution is 9.12. The zero-order valence-electron chi connectivity index (χ0n) is 7.47. The third-order valence-electron chi connectivity index (χ3n) is 1.95. The first-order valence-corrected chi connectivity index (χ1v) is 5.11. The van der Waals surface area contributed by atoms with Crippen LogP contribution in [0, 0.1) is 0 Å². The standard InChI is InChI=1S/C10H11BrO2/c1-2-3-4-7-8(11)5-6-9(12)10(7)13/h5-6H,2-4H2,1H3. The van der Waals surface area contributed by atoms with Crippen LogP contribution in [-0.4, -0.2) is 11.6 Å². The SMILES string of the molecule is CCCCC1=C(Br)C=CC(=O)C1=O. The molecule has 0 unspecified atom stereocenters. The van der Waals surface area contributed by atoms with Crippen molar-refractivity contribution in [2.75, 3.05) is 0 Å². The van der Waals surface area contributed by atoms with E-state index in [1.807, 2.05) is 0 Å². The molecule has 0 fully saturated rings. The van der Waals surface area contributed by atoms with Crippen LogP contribution in [0.1, 0.15) is 26.2 Å². The number of ketones is 2. The third kappa shape index (κ3) is 2.37. The number of hydrogen-bond acceptors (Lipinski definition) is 2. The van der Waals surface area contributed by atoms with Crippen molar-refractivity contribution in [3.05, 3.63) is 22.2 Å². The number of allylic oxidation sites excluding steroid dienone is 4. The summed E-state index contributed by atoms with van der Waals surface area (Å²) in [5.41, 5.74) is 0.620. The lowest BCUT2D eigenvalue weighted by atomic mass is 9.97. The van der Waals surface area contributed by atoms with E-state index >= 15 is 0 Å². The molecule has 0 bridgehead atoms. The predicted octanol–water partition coefficient (Wildman–Crippen LogP) is 2.53. The molecule has 0 spiro atoms. The number of carbonyl (C=O) groups excluding carboxylic acids is 2. The summed E-state index contributed by atoms with van der Waals surface area (Å²) < 4.78 is 0.755. The first-order chi connectivity index (χ1) is 6.16. The lowest BCUT2D eigenvalue weighted by Crippen LogP contribution is -2.17. The molecule has 0 aromatic rings. The number of carbonyl (C=O) groups is 2. The Balaban J connectivity index is 2.82. The molecule has 0 aromatic carbocycles. The molecule has 70 valence electrons. The number of halogens is 1. The summed E-state index contributed by atoms with van der Waals surface area (Å²) in [5, 5.41) is 0. The summed E-state index contributed by atoms with van der Waals surface area (Å²) >= 11 is 3.27. The van der Waals surface area contributed by atoms with Crippen molar-refractivity contribution in [2.45, 2.75) is 26.2 Å². The van der Waals surface area contributed by atoms with Gasteiger partial charge in [0.15, 0.2) is 0 Å². The monoisotopic (exact) mass is 242 g/mol. The van der Waals surface area contributed by atoms with Crippen LogP contribution >= 0.6 is 15.9 Å². The highest BCUT2D eigenvalue weighted by Gasteiger charge is 2.21. The third-order valence-corrected chi connectivity index (χ3v) is 2.69. The van der Waals surface area contributed by atoms with Crippen LogP contribution in [-0.2, 0) is 9.59 Å². The molecule has 1 aliphatic rings. The van der Waals surface area contributed by atoms with Gasteiger partial charge in [0.25, 0.3) is 0 Å². The second-order valence-electron chi connectivity index (χ2n) is 2.96. The average molecular weight is 243 g/mol. The van der Waals surface area contributed by atoms with Crippen molar-refractivity contribution >= 4 is 27.5 Å². The van der Waals surface area contributed by atoms with Crippen molar-refractivity contribution in [3.63, 3.8) is 0 Å². The van der Waals surface area contributed by atoms with Crippen LogP contribution in [0.15, 0.2) is 22.2 Å². The molecule has 0 amide bonds. The molecule has 0 radical (unpaired) electrons. The number of rotatable bonds is 3. The summed E-state index contributed by atoms with van der Waals surface area (Å²) in [5.74, 6) is -0.767. The van der Waals surface area contributed by atoms with Gasteiger partial charge < -0.3 is 0 Å². The lowest BCUT2D eigenvalue weighted by Gasteiger charge is -2.08. The smallest absolute Gasteiger partial charge is 0.229 e. The van der Waals surface area contributed by atoms with Gasteiger partial charge in [0.1, 0.15) is 0 Å². The molecule has 0 aliphatic heterocycles. The van der Waals surface area contributed by atoms with Crippen LogP contribution in [0.5, 0.6) is 0 Å². The van der Waals surface area contributed by atoms with E-state index in [2.05, 4.69) is 22.9 Å². The van der Waals surface area contributed by atoms with Gasteiger partial charge in [-0.2, -0.15) is 0 Å². The molecule has 0 atom stereocenters. The van der Waals surface area contributed by atoms with Gasteiger partial charge in [0, 0.05) is 10.1 Å². The van der Waals surface area contributed by atoms with Crippen molar-refractivity contribution in [1.29, 1.82) is 0 Å². The van der Waals surface area contributed by atoms with Crippen LogP contribution in [0.25, 0.3) is 0 Å². The number of Topliss-reactive ketones (excluding diaryl/α,β-unsaturated/α-hetero) is 1. The van der Waals surface area contributed by atoms with E-state index in [1.54, 1.807) is 6.08 Å². The van der Waals surface area contributed by atoms with Crippen molar-refractivity contribution in [2.24, 2.45) is 0 Å². The van der Waals surface area contributed by atoms with Gasteiger partial charge in [-0.3, -0.25) is 9.59 Å². The molecule has 0 saturated heterocycles. The van der Waals surface area contributed by atoms with Crippen LogP contribution in [0.2, 0.25) is 0 Å². The van der Waals surface area contributed by atoms with E-state index in [0.717, 1.165) is 17.3 Å². The highest BCUT2D eigenvalue weighted by atomic mass is 79.9. The molecule has 1 rings (SSSR count). The van der Waals surface area contributed by atoms with Gasteiger partial charge in [-0.25, -0.2) is 0 Å². The Morgan fingerprint density at radius 2 is 2.00 bits per heavy atom.